The van der Waals surface area contributed by atoms with Crippen LogP contribution in [0.5, 0.6) is 5.75 Å². The number of nitriles is 1. The van der Waals surface area contributed by atoms with Crippen LogP contribution >= 0.6 is 0 Å². The quantitative estimate of drug-likeness (QED) is 0.733. The first-order valence-electron chi connectivity index (χ1n) is 7.12. The number of benzene rings is 2. The molecule has 23 heavy (non-hydrogen) atoms. The second-order valence-corrected chi connectivity index (χ2v) is 5.25. The molecule has 1 heterocycles. The van der Waals surface area contributed by atoms with Gasteiger partial charge in [0.15, 0.2) is 0 Å². The average Bonchev–Trinajstić information content (AvgIpc) is 3.05. The summed E-state index contributed by atoms with van der Waals surface area (Å²) in [4.78, 5) is 4.44. The molecule has 0 aliphatic heterocycles. The largest absolute Gasteiger partial charge is 0.496 e. The van der Waals surface area contributed by atoms with Crippen LogP contribution in [0.3, 0.4) is 0 Å². The lowest BCUT2D eigenvalue weighted by molar-refractivity contribution is 0.411. The first-order valence-corrected chi connectivity index (χ1v) is 7.12. The van der Waals surface area contributed by atoms with Crippen molar-refractivity contribution in [2.45, 2.75) is 13.8 Å². The van der Waals surface area contributed by atoms with E-state index in [-0.39, 0.29) is 0 Å². The molecule has 0 N–H and O–H groups in total. The van der Waals surface area contributed by atoms with Crippen LogP contribution in [0.4, 0.5) is 0 Å². The molecule has 0 amide bonds. The molecule has 1 aromatic heterocycles. The van der Waals surface area contributed by atoms with Crippen molar-refractivity contribution >= 4 is 0 Å². The first kappa shape index (κ1) is 14.8. The van der Waals surface area contributed by atoms with Crippen molar-refractivity contribution in [1.82, 2.24) is 10.1 Å². The van der Waals surface area contributed by atoms with Gasteiger partial charge in [0.2, 0.25) is 5.82 Å². The van der Waals surface area contributed by atoms with Crippen LogP contribution in [0, 0.1) is 25.2 Å². The molecule has 0 aliphatic rings. The average molecular weight is 305 g/mol. The Balaban J connectivity index is 1.98. The summed E-state index contributed by atoms with van der Waals surface area (Å²) in [5.41, 5.74) is 4.17. The second-order valence-electron chi connectivity index (χ2n) is 5.25. The normalized spacial score (nSPS) is 10.3. The number of aryl methyl sites for hydroxylation is 2. The van der Waals surface area contributed by atoms with Crippen molar-refractivity contribution in [2.75, 3.05) is 7.11 Å². The van der Waals surface area contributed by atoms with Gasteiger partial charge in [-0.15, -0.1) is 0 Å². The molecule has 0 saturated carbocycles. The van der Waals surface area contributed by atoms with E-state index in [0.717, 1.165) is 28.0 Å². The zero-order chi connectivity index (χ0) is 16.4. The van der Waals surface area contributed by atoms with Crippen LogP contribution < -0.4 is 4.74 Å². The molecule has 2 aromatic carbocycles. The summed E-state index contributed by atoms with van der Waals surface area (Å²) in [6, 6.07) is 13.3. The van der Waals surface area contributed by atoms with Crippen LogP contribution in [-0.4, -0.2) is 17.3 Å². The number of ether oxygens (including phenoxy) is 1. The molecule has 5 nitrogen and oxygen atoms in total. The van der Waals surface area contributed by atoms with E-state index in [1.54, 1.807) is 19.2 Å². The number of nitrogens with zero attached hydrogens (tertiary/aromatic N) is 3. The maximum absolute atomic E-state index is 8.99. The van der Waals surface area contributed by atoms with Crippen molar-refractivity contribution in [3.8, 4) is 34.7 Å². The Labute approximate surface area is 134 Å². The van der Waals surface area contributed by atoms with Gasteiger partial charge in [0.1, 0.15) is 5.75 Å². The van der Waals surface area contributed by atoms with Gasteiger partial charge in [0.05, 0.1) is 18.7 Å². The molecule has 114 valence electrons. The summed E-state index contributed by atoms with van der Waals surface area (Å²) >= 11 is 0. The second kappa shape index (κ2) is 5.93. The molecule has 3 aromatic rings. The first-order chi connectivity index (χ1) is 11.1. The van der Waals surface area contributed by atoms with E-state index in [4.69, 9.17) is 14.5 Å². The van der Waals surface area contributed by atoms with Gasteiger partial charge in [0, 0.05) is 11.1 Å². The highest BCUT2D eigenvalue weighted by Gasteiger charge is 2.13. The molecule has 0 saturated heterocycles. The molecule has 0 unspecified atom stereocenters. The monoisotopic (exact) mass is 305 g/mol. The van der Waals surface area contributed by atoms with Crippen LogP contribution in [-0.2, 0) is 0 Å². The summed E-state index contributed by atoms with van der Waals surface area (Å²) in [7, 11) is 1.63. The fourth-order valence-corrected chi connectivity index (χ4v) is 2.34. The SMILES string of the molecule is COc1cc(-c2noc(-c3ccc(C#N)c(C)c3)n2)ccc1C. The summed E-state index contributed by atoms with van der Waals surface area (Å²) < 4.78 is 10.7. The highest BCUT2D eigenvalue weighted by atomic mass is 16.5. The highest BCUT2D eigenvalue weighted by molar-refractivity contribution is 5.63. The third-order valence-corrected chi connectivity index (χ3v) is 3.69. The Morgan fingerprint density at radius 2 is 1.83 bits per heavy atom. The van der Waals surface area contributed by atoms with E-state index in [0.29, 0.717) is 17.3 Å². The molecular formula is C18H15N3O2. The molecule has 0 aliphatic carbocycles. The number of methoxy groups -OCH3 is 1. The van der Waals surface area contributed by atoms with Gasteiger partial charge in [-0.3, -0.25) is 0 Å². The Morgan fingerprint density at radius 3 is 2.52 bits per heavy atom. The zero-order valence-electron chi connectivity index (χ0n) is 13.1. The molecule has 5 heteroatoms. The van der Waals surface area contributed by atoms with Gasteiger partial charge in [-0.1, -0.05) is 17.3 Å². The predicted octanol–water partition coefficient (Wildman–Crippen LogP) is 3.90. The lowest BCUT2D eigenvalue weighted by atomic mass is 10.1. The third kappa shape index (κ3) is 2.79. The van der Waals surface area contributed by atoms with Crippen LogP contribution in [0.1, 0.15) is 16.7 Å². The van der Waals surface area contributed by atoms with Gasteiger partial charge < -0.3 is 9.26 Å². The molecule has 0 fully saturated rings. The minimum Gasteiger partial charge on any atom is -0.496 e. The smallest absolute Gasteiger partial charge is 0.258 e. The van der Waals surface area contributed by atoms with Crippen LogP contribution in [0.2, 0.25) is 0 Å². The van der Waals surface area contributed by atoms with Crippen molar-refractivity contribution < 1.29 is 9.26 Å². The maximum atomic E-state index is 8.99. The van der Waals surface area contributed by atoms with E-state index >= 15 is 0 Å². The fraction of sp³-hybridized carbons (Fsp3) is 0.167. The van der Waals surface area contributed by atoms with Crippen molar-refractivity contribution in [3.63, 3.8) is 0 Å². The van der Waals surface area contributed by atoms with Crippen LogP contribution in [0.25, 0.3) is 22.8 Å². The number of hydrogen-bond donors (Lipinski definition) is 0. The number of aromatic nitrogens is 2. The van der Waals surface area contributed by atoms with Gasteiger partial charge in [0.25, 0.3) is 5.89 Å². The molecule has 3 rings (SSSR count). The minimum atomic E-state index is 0.423. The zero-order valence-corrected chi connectivity index (χ0v) is 13.1. The van der Waals surface area contributed by atoms with Crippen LogP contribution in [0.15, 0.2) is 40.9 Å². The summed E-state index contributed by atoms with van der Waals surface area (Å²) in [6.07, 6.45) is 0. The number of hydrogen-bond acceptors (Lipinski definition) is 5. The fourth-order valence-electron chi connectivity index (χ4n) is 2.34. The van der Waals surface area contributed by atoms with Crippen molar-refractivity contribution in [3.05, 3.63) is 53.1 Å². The van der Waals surface area contributed by atoms with Crippen molar-refractivity contribution in [1.29, 1.82) is 5.26 Å². The van der Waals surface area contributed by atoms with E-state index in [1.165, 1.54) is 0 Å². The van der Waals surface area contributed by atoms with E-state index in [1.807, 2.05) is 38.1 Å². The van der Waals surface area contributed by atoms with Gasteiger partial charge in [-0.2, -0.15) is 10.2 Å². The Morgan fingerprint density at radius 1 is 1.04 bits per heavy atom. The summed E-state index contributed by atoms with van der Waals surface area (Å²) in [5, 5.41) is 13.0. The third-order valence-electron chi connectivity index (χ3n) is 3.69. The summed E-state index contributed by atoms with van der Waals surface area (Å²) in [5.74, 6) is 1.70. The standard InChI is InChI=1S/C18H15N3O2/c1-11-4-5-13(9-16(11)22-3)17-20-18(23-21-17)14-6-7-15(10-19)12(2)8-14/h4-9H,1-3H3. The molecule has 0 atom stereocenters. The molecular weight excluding hydrogens is 290 g/mol. The highest BCUT2D eigenvalue weighted by Crippen LogP contribution is 2.27. The minimum absolute atomic E-state index is 0.423. The Bertz CT molecular complexity index is 881. The van der Waals surface area contributed by atoms with Gasteiger partial charge in [-0.25, -0.2) is 0 Å². The number of rotatable bonds is 3. The Hall–Kier alpha value is -3.13. The Kier molecular flexibility index (Phi) is 3.82. The topological polar surface area (TPSA) is 71.9 Å². The summed E-state index contributed by atoms with van der Waals surface area (Å²) in [6.45, 7) is 3.86. The molecule has 0 spiro atoms. The van der Waals surface area contributed by atoms with E-state index in [2.05, 4.69) is 16.2 Å². The van der Waals surface area contributed by atoms with Crippen molar-refractivity contribution in [2.24, 2.45) is 0 Å². The molecule has 0 radical (unpaired) electrons. The van der Waals surface area contributed by atoms with Gasteiger partial charge >= 0.3 is 0 Å². The van der Waals surface area contributed by atoms with E-state index in [9.17, 15) is 0 Å². The lowest BCUT2D eigenvalue weighted by Gasteiger charge is -2.04. The maximum Gasteiger partial charge on any atom is 0.258 e. The van der Waals surface area contributed by atoms with Gasteiger partial charge in [-0.05, 0) is 49.2 Å². The predicted molar refractivity (Wildman–Crippen MR) is 85.9 cm³/mol. The molecule has 0 bridgehead atoms. The lowest BCUT2D eigenvalue weighted by Crippen LogP contribution is -1.89. The van der Waals surface area contributed by atoms with E-state index < -0.39 is 0 Å².